The number of ether oxygens (including phenoxy) is 1. The van der Waals surface area contributed by atoms with Gasteiger partial charge in [0.15, 0.2) is 5.78 Å². The lowest BCUT2D eigenvalue weighted by molar-refractivity contribution is 0.101. The molecular weight excluding hydrogens is 216 g/mol. The Morgan fingerprint density at radius 3 is 2.71 bits per heavy atom. The smallest absolute Gasteiger partial charge is 0.163 e. The summed E-state index contributed by atoms with van der Waals surface area (Å²) in [5, 5.41) is 11.8. The zero-order valence-corrected chi connectivity index (χ0v) is 9.49. The standard InChI is InChI=1S/C14H12O3/c1-8(15)12-11-6-7-17-14(11)10-5-3-2-4-9(10)13(12)16/h2-5,16H,6-7H2,1H3. The molecule has 2 aromatic rings. The van der Waals surface area contributed by atoms with Crippen molar-refractivity contribution >= 4 is 16.6 Å². The fourth-order valence-electron chi connectivity index (χ4n) is 2.48. The van der Waals surface area contributed by atoms with Crippen molar-refractivity contribution in [2.75, 3.05) is 6.61 Å². The number of phenols is 1. The van der Waals surface area contributed by atoms with Crippen LogP contribution in [0.15, 0.2) is 24.3 Å². The van der Waals surface area contributed by atoms with E-state index in [9.17, 15) is 9.90 Å². The SMILES string of the molecule is CC(=O)c1c2c(c3ccccc3c1O)OCC2. The number of fused-ring (bicyclic) bond motifs is 3. The number of phenolic OH excluding ortho intramolecular Hbond substituents is 1. The summed E-state index contributed by atoms with van der Waals surface area (Å²) in [5.74, 6) is 0.718. The van der Waals surface area contributed by atoms with Gasteiger partial charge in [-0.2, -0.15) is 0 Å². The van der Waals surface area contributed by atoms with E-state index in [1.54, 1.807) is 6.07 Å². The molecule has 3 nitrogen and oxygen atoms in total. The van der Waals surface area contributed by atoms with Crippen LogP contribution in [-0.2, 0) is 6.42 Å². The van der Waals surface area contributed by atoms with Crippen molar-refractivity contribution < 1.29 is 14.6 Å². The van der Waals surface area contributed by atoms with E-state index in [-0.39, 0.29) is 11.5 Å². The summed E-state index contributed by atoms with van der Waals surface area (Å²) in [6, 6.07) is 7.45. The third kappa shape index (κ3) is 1.32. The molecule has 0 spiro atoms. The van der Waals surface area contributed by atoms with Crippen molar-refractivity contribution in [3.05, 3.63) is 35.4 Å². The van der Waals surface area contributed by atoms with Crippen LogP contribution in [0.25, 0.3) is 10.8 Å². The number of benzene rings is 2. The lowest BCUT2D eigenvalue weighted by Gasteiger charge is -2.11. The van der Waals surface area contributed by atoms with Crippen LogP contribution in [0.4, 0.5) is 0 Å². The van der Waals surface area contributed by atoms with Crippen LogP contribution < -0.4 is 4.74 Å². The normalized spacial score (nSPS) is 13.5. The summed E-state index contributed by atoms with van der Waals surface area (Å²) < 4.78 is 5.59. The zero-order valence-electron chi connectivity index (χ0n) is 9.49. The molecule has 0 saturated heterocycles. The second-order valence-electron chi connectivity index (χ2n) is 4.23. The van der Waals surface area contributed by atoms with Crippen LogP contribution in [0.3, 0.4) is 0 Å². The van der Waals surface area contributed by atoms with Gasteiger partial charge >= 0.3 is 0 Å². The lowest BCUT2D eigenvalue weighted by atomic mass is 9.95. The maximum atomic E-state index is 11.7. The molecular formula is C14H12O3. The molecule has 1 N–H and O–H groups in total. The largest absolute Gasteiger partial charge is 0.507 e. The van der Waals surface area contributed by atoms with Gasteiger partial charge in [0.25, 0.3) is 0 Å². The van der Waals surface area contributed by atoms with Crippen LogP contribution in [0, 0.1) is 0 Å². The van der Waals surface area contributed by atoms with Crippen LogP contribution >= 0.6 is 0 Å². The lowest BCUT2D eigenvalue weighted by Crippen LogP contribution is -1.99. The summed E-state index contributed by atoms with van der Waals surface area (Å²) in [6.45, 7) is 2.05. The Kier molecular flexibility index (Phi) is 2.08. The molecule has 0 fully saturated rings. The Labute approximate surface area is 98.6 Å². The Hall–Kier alpha value is -2.03. The number of hydrogen-bond donors (Lipinski definition) is 1. The molecule has 0 unspecified atom stereocenters. The molecule has 0 aromatic heterocycles. The third-order valence-corrected chi connectivity index (χ3v) is 3.19. The number of aromatic hydroxyl groups is 1. The second kappa shape index (κ2) is 3.48. The van der Waals surface area contributed by atoms with E-state index in [0.29, 0.717) is 24.0 Å². The highest BCUT2D eigenvalue weighted by Crippen LogP contribution is 2.42. The van der Waals surface area contributed by atoms with E-state index < -0.39 is 0 Å². The van der Waals surface area contributed by atoms with Crippen molar-refractivity contribution in [3.8, 4) is 11.5 Å². The molecule has 0 amide bonds. The van der Waals surface area contributed by atoms with E-state index in [0.717, 1.165) is 16.7 Å². The molecule has 0 bridgehead atoms. The fourth-order valence-corrected chi connectivity index (χ4v) is 2.48. The molecule has 3 heteroatoms. The van der Waals surface area contributed by atoms with Crippen molar-refractivity contribution in [2.24, 2.45) is 0 Å². The molecule has 1 aliphatic rings. The maximum Gasteiger partial charge on any atom is 0.163 e. The quantitative estimate of drug-likeness (QED) is 0.763. The number of carbonyl (C=O) groups is 1. The monoisotopic (exact) mass is 228 g/mol. The number of carbonyl (C=O) groups excluding carboxylic acids is 1. The molecule has 17 heavy (non-hydrogen) atoms. The Bertz CT molecular complexity index is 629. The molecule has 0 saturated carbocycles. The van der Waals surface area contributed by atoms with E-state index >= 15 is 0 Å². The van der Waals surface area contributed by atoms with Gasteiger partial charge in [0, 0.05) is 22.8 Å². The summed E-state index contributed by atoms with van der Waals surface area (Å²) in [5.41, 5.74) is 1.25. The first-order valence-electron chi connectivity index (χ1n) is 5.60. The third-order valence-electron chi connectivity index (χ3n) is 3.19. The molecule has 2 aromatic carbocycles. The Morgan fingerprint density at radius 1 is 1.29 bits per heavy atom. The van der Waals surface area contributed by atoms with E-state index in [1.807, 2.05) is 18.2 Å². The Morgan fingerprint density at radius 2 is 2.00 bits per heavy atom. The van der Waals surface area contributed by atoms with Gasteiger partial charge in [-0.25, -0.2) is 0 Å². The summed E-state index contributed by atoms with van der Waals surface area (Å²) >= 11 is 0. The number of hydrogen-bond acceptors (Lipinski definition) is 3. The predicted octanol–water partition coefficient (Wildman–Crippen LogP) is 2.68. The van der Waals surface area contributed by atoms with Crippen molar-refractivity contribution in [1.82, 2.24) is 0 Å². The van der Waals surface area contributed by atoms with Crippen molar-refractivity contribution in [1.29, 1.82) is 0 Å². The highest BCUT2D eigenvalue weighted by atomic mass is 16.5. The molecule has 1 aliphatic heterocycles. The predicted molar refractivity (Wildman–Crippen MR) is 64.8 cm³/mol. The molecule has 3 rings (SSSR count). The molecule has 86 valence electrons. The topological polar surface area (TPSA) is 46.5 Å². The molecule has 0 radical (unpaired) electrons. The minimum absolute atomic E-state index is 0.0809. The first kappa shape index (κ1) is 10.1. The first-order valence-corrected chi connectivity index (χ1v) is 5.60. The van der Waals surface area contributed by atoms with E-state index in [2.05, 4.69) is 0 Å². The van der Waals surface area contributed by atoms with Gasteiger partial charge in [0.1, 0.15) is 11.5 Å². The number of rotatable bonds is 1. The van der Waals surface area contributed by atoms with Gasteiger partial charge in [-0.05, 0) is 6.92 Å². The van der Waals surface area contributed by atoms with Crippen LogP contribution in [0.5, 0.6) is 11.5 Å². The molecule has 0 aliphatic carbocycles. The van der Waals surface area contributed by atoms with Crippen molar-refractivity contribution in [2.45, 2.75) is 13.3 Å². The van der Waals surface area contributed by atoms with Gasteiger partial charge in [-0.15, -0.1) is 0 Å². The van der Waals surface area contributed by atoms with Crippen LogP contribution in [0.1, 0.15) is 22.8 Å². The second-order valence-corrected chi connectivity index (χ2v) is 4.23. The van der Waals surface area contributed by atoms with Gasteiger partial charge in [-0.1, -0.05) is 24.3 Å². The maximum absolute atomic E-state index is 11.7. The fraction of sp³-hybridized carbons (Fsp3) is 0.214. The van der Waals surface area contributed by atoms with Gasteiger partial charge in [0.05, 0.1) is 12.2 Å². The minimum atomic E-state index is -0.116. The zero-order chi connectivity index (χ0) is 12.0. The Balaban J connectivity index is 2.50. The van der Waals surface area contributed by atoms with Crippen LogP contribution in [-0.4, -0.2) is 17.5 Å². The molecule has 0 atom stereocenters. The van der Waals surface area contributed by atoms with Crippen LogP contribution in [0.2, 0.25) is 0 Å². The minimum Gasteiger partial charge on any atom is -0.507 e. The van der Waals surface area contributed by atoms with Gasteiger partial charge in [0.2, 0.25) is 0 Å². The average Bonchev–Trinajstić information content (AvgIpc) is 2.78. The van der Waals surface area contributed by atoms with Gasteiger partial charge < -0.3 is 9.84 Å². The average molecular weight is 228 g/mol. The molecule has 1 heterocycles. The van der Waals surface area contributed by atoms with E-state index in [4.69, 9.17) is 4.74 Å². The highest BCUT2D eigenvalue weighted by Gasteiger charge is 2.25. The first-order chi connectivity index (χ1) is 8.20. The number of ketones is 1. The highest BCUT2D eigenvalue weighted by molar-refractivity contribution is 6.08. The van der Waals surface area contributed by atoms with Gasteiger partial charge in [-0.3, -0.25) is 4.79 Å². The summed E-state index contributed by atoms with van der Waals surface area (Å²) in [7, 11) is 0. The van der Waals surface area contributed by atoms with Crippen molar-refractivity contribution in [3.63, 3.8) is 0 Å². The summed E-state index contributed by atoms with van der Waals surface area (Å²) in [4.78, 5) is 11.7. The number of Topliss-reactive ketones (excluding diaryl/α,β-unsaturated/α-hetero) is 1. The van der Waals surface area contributed by atoms with E-state index in [1.165, 1.54) is 6.92 Å². The summed E-state index contributed by atoms with van der Waals surface area (Å²) in [6.07, 6.45) is 0.683.